The van der Waals surface area contributed by atoms with Crippen LogP contribution in [-0.2, 0) is 11.2 Å². The van der Waals surface area contributed by atoms with Gasteiger partial charge in [-0.05, 0) is 90.4 Å². The molecule has 3 aromatic carbocycles. The van der Waals surface area contributed by atoms with Crippen LogP contribution < -0.4 is 10.1 Å². The number of fused-ring (bicyclic) bond motifs is 1. The van der Waals surface area contributed by atoms with Crippen LogP contribution >= 0.6 is 0 Å². The van der Waals surface area contributed by atoms with Gasteiger partial charge >= 0.3 is 0 Å². The van der Waals surface area contributed by atoms with Crippen LogP contribution in [0.25, 0.3) is 28.0 Å². The number of benzene rings is 3. The summed E-state index contributed by atoms with van der Waals surface area (Å²) >= 11 is 0. The molecular formula is C31H32N2O2. The molecule has 178 valence electrons. The number of aromatic nitrogens is 1. The predicted molar refractivity (Wildman–Crippen MR) is 144 cm³/mol. The molecule has 35 heavy (non-hydrogen) atoms. The number of carbonyl (C=O) groups is 1. The molecule has 0 radical (unpaired) electrons. The standard InChI is InChI=1S/C31H32N2O2/c1-22-9-17-29-27(20-22)11-10-25(31(29)26-12-15-28(35-3)16-13-26)14-18-30(34)33-23(2)6-4-7-24-8-5-19-32-21-24/h5,8-21,23H,4,6-7H2,1-3H3,(H,33,34)/b18-14+/t23-/m1/s1. The normalized spacial score (nSPS) is 12.1. The number of nitrogens with zero attached hydrogens (tertiary/aromatic N) is 1. The monoisotopic (exact) mass is 464 g/mol. The van der Waals surface area contributed by atoms with Crippen molar-refractivity contribution < 1.29 is 9.53 Å². The molecule has 1 amide bonds. The lowest BCUT2D eigenvalue weighted by Crippen LogP contribution is -2.31. The van der Waals surface area contributed by atoms with E-state index in [-0.39, 0.29) is 11.9 Å². The summed E-state index contributed by atoms with van der Waals surface area (Å²) in [6.45, 7) is 4.15. The molecule has 4 rings (SSSR count). The summed E-state index contributed by atoms with van der Waals surface area (Å²) < 4.78 is 5.34. The van der Waals surface area contributed by atoms with Crippen molar-refractivity contribution in [2.24, 2.45) is 0 Å². The molecule has 0 aliphatic rings. The third-order valence-corrected chi connectivity index (χ3v) is 6.21. The Hall–Kier alpha value is -3.92. The number of rotatable bonds is 9. The topological polar surface area (TPSA) is 51.2 Å². The smallest absolute Gasteiger partial charge is 0.244 e. The molecule has 4 aromatic rings. The number of nitrogens with one attached hydrogen (secondary N) is 1. The Labute approximate surface area is 207 Å². The van der Waals surface area contributed by atoms with Crippen LogP contribution in [0.15, 0.2) is 85.2 Å². The summed E-state index contributed by atoms with van der Waals surface area (Å²) in [4.78, 5) is 16.8. The van der Waals surface area contributed by atoms with Crippen molar-refractivity contribution in [1.29, 1.82) is 0 Å². The fourth-order valence-electron chi connectivity index (χ4n) is 4.37. The Morgan fingerprint density at radius 3 is 2.66 bits per heavy atom. The van der Waals surface area contributed by atoms with Gasteiger partial charge in [-0.3, -0.25) is 9.78 Å². The predicted octanol–water partition coefficient (Wildman–Crippen LogP) is 6.76. The minimum absolute atomic E-state index is 0.0800. The number of ether oxygens (including phenoxy) is 1. The molecule has 0 bridgehead atoms. The average Bonchev–Trinajstić information content (AvgIpc) is 2.87. The molecule has 1 atom stereocenters. The highest BCUT2D eigenvalue weighted by atomic mass is 16.5. The van der Waals surface area contributed by atoms with Crippen molar-refractivity contribution in [3.8, 4) is 16.9 Å². The van der Waals surface area contributed by atoms with Crippen LogP contribution in [0.2, 0.25) is 0 Å². The third kappa shape index (κ3) is 6.36. The van der Waals surface area contributed by atoms with Crippen LogP contribution in [-0.4, -0.2) is 24.0 Å². The molecule has 1 aromatic heterocycles. The Kier molecular flexibility index (Phi) is 7.94. The lowest BCUT2D eigenvalue weighted by molar-refractivity contribution is -0.117. The Morgan fingerprint density at radius 1 is 1.09 bits per heavy atom. The first-order valence-corrected chi connectivity index (χ1v) is 12.1. The zero-order valence-corrected chi connectivity index (χ0v) is 20.6. The van der Waals surface area contributed by atoms with E-state index in [9.17, 15) is 4.79 Å². The third-order valence-electron chi connectivity index (χ3n) is 6.21. The first-order valence-electron chi connectivity index (χ1n) is 12.1. The molecule has 0 saturated carbocycles. The molecular weight excluding hydrogens is 432 g/mol. The number of amides is 1. The van der Waals surface area contributed by atoms with E-state index < -0.39 is 0 Å². The van der Waals surface area contributed by atoms with Gasteiger partial charge in [0, 0.05) is 24.5 Å². The second-order valence-electron chi connectivity index (χ2n) is 8.98. The van der Waals surface area contributed by atoms with Gasteiger partial charge in [0.2, 0.25) is 5.91 Å². The molecule has 0 spiro atoms. The van der Waals surface area contributed by atoms with Crippen LogP contribution in [0.3, 0.4) is 0 Å². The second kappa shape index (κ2) is 11.5. The van der Waals surface area contributed by atoms with Crippen molar-refractivity contribution >= 4 is 22.8 Å². The average molecular weight is 465 g/mol. The van der Waals surface area contributed by atoms with Crippen molar-refractivity contribution in [2.45, 2.75) is 39.2 Å². The van der Waals surface area contributed by atoms with Gasteiger partial charge in [-0.15, -0.1) is 0 Å². The molecule has 0 saturated heterocycles. The Morgan fingerprint density at radius 2 is 1.91 bits per heavy atom. The highest BCUT2D eigenvalue weighted by molar-refractivity contribution is 6.02. The van der Waals surface area contributed by atoms with E-state index >= 15 is 0 Å². The zero-order chi connectivity index (χ0) is 24.6. The summed E-state index contributed by atoms with van der Waals surface area (Å²) in [5, 5.41) is 5.44. The summed E-state index contributed by atoms with van der Waals surface area (Å²) in [6, 6.07) is 22.9. The van der Waals surface area contributed by atoms with Gasteiger partial charge in [0.05, 0.1) is 7.11 Å². The van der Waals surface area contributed by atoms with E-state index in [1.54, 1.807) is 19.4 Å². The van der Waals surface area contributed by atoms with Crippen LogP contribution in [0, 0.1) is 6.92 Å². The molecule has 1 N–H and O–H groups in total. The maximum absolute atomic E-state index is 12.7. The minimum atomic E-state index is -0.0800. The summed E-state index contributed by atoms with van der Waals surface area (Å²) in [5.74, 6) is 0.738. The molecule has 0 aliphatic heterocycles. The van der Waals surface area contributed by atoms with E-state index in [2.05, 4.69) is 72.7 Å². The fraction of sp³-hybridized carbons (Fsp3) is 0.226. The lowest BCUT2D eigenvalue weighted by atomic mass is 9.92. The fourth-order valence-corrected chi connectivity index (χ4v) is 4.37. The van der Waals surface area contributed by atoms with E-state index in [1.165, 1.54) is 16.5 Å². The van der Waals surface area contributed by atoms with Crippen molar-refractivity contribution in [2.75, 3.05) is 7.11 Å². The molecule has 4 nitrogen and oxygen atoms in total. The number of hydrogen-bond acceptors (Lipinski definition) is 3. The van der Waals surface area contributed by atoms with Crippen molar-refractivity contribution in [3.05, 3.63) is 102 Å². The Balaban J connectivity index is 1.49. The quantitative estimate of drug-likeness (QED) is 0.278. The van der Waals surface area contributed by atoms with Gasteiger partial charge in [-0.1, -0.05) is 54.1 Å². The lowest BCUT2D eigenvalue weighted by Gasteiger charge is -2.14. The van der Waals surface area contributed by atoms with Crippen LogP contribution in [0.5, 0.6) is 5.75 Å². The largest absolute Gasteiger partial charge is 0.497 e. The molecule has 1 heterocycles. The van der Waals surface area contributed by atoms with E-state index in [0.717, 1.165) is 47.1 Å². The van der Waals surface area contributed by atoms with E-state index in [0.29, 0.717) is 0 Å². The maximum atomic E-state index is 12.7. The molecule has 0 aliphatic carbocycles. The summed E-state index contributed by atoms with van der Waals surface area (Å²) in [7, 11) is 1.67. The van der Waals surface area contributed by atoms with Gasteiger partial charge in [0.25, 0.3) is 0 Å². The van der Waals surface area contributed by atoms with Gasteiger partial charge < -0.3 is 10.1 Å². The first kappa shape index (κ1) is 24.2. The SMILES string of the molecule is COc1ccc(-c2c(/C=C/C(=O)N[C@H](C)CCCc3cccnc3)ccc3cc(C)ccc23)cc1. The van der Waals surface area contributed by atoms with Gasteiger partial charge in [0.1, 0.15) is 5.75 Å². The molecule has 0 unspecified atom stereocenters. The number of carbonyl (C=O) groups excluding carboxylic acids is 1. The van der Waals surface area contributed by atoms with Gasteiger partial charge in [-0.2, -0.15) is 0 Å². The Bertz CT molecular complexity index is 1310. The highest BCUT2D eigenvalue weighted by Gasteiger charge is 2.11. The molecule has 4 heteroatoms. The van der Waals surface area contributed by atoms with Crippen molar-refractivity contribution in [3.63, 3.8) is 0 Å². The van der Waals surface area contributed by atoms with Gasteiger partial charge in [-0.25, -0.2) is 0 Å². The number of pyridine rings is 1. The van der Waals surface area contributed by atoms with Gasteiger partial charge in [0.15, 0.2) is 0 Å². The minimum Gasteiger partial charge on any atom is -0.497 e. The van der Waals surface area contributed by atoms with Crippen LogP contribution in [0.1, 0.15) is 36.5 Å². The summed E-state index contributed by atoms with van der Waals surface area (Å²) in [5.41, 5.74) is 5.65. The molecule has 0 fully saturated rings. The zero-order valence-electron chi connectivity index (χ0n) is 20.6. The summed E-state index contributed by atoms with van der Waals surface area (Å²) in [6.07, 6.45) is 10.1. The van der Waals surface area contributed by atoms with Crippen molar-refractivity contribution in [1.82, 2.24) is 10.3 Å². The maximum Gasteiger partial charge on any atom is 0.244 e. The van der Waals surface area contributed by atoms with E-state index in [4.69, 9.17) is 4.74 Å². The number of aryl methyl sites for hydroxylation is 2. The number of methoxy groups -OCH3 is 1. The second-order valence-corrected chi connectivity index (χ2v) is 8.98. The van der Waals surface area contributed by atoms with E-state index in [1.807, 2.05) is 30.5 Å². The van der Waals surface area contributed by atoms with Crippen LogP contribution in [0.4, 0.5) is 0 Å². The number of hydrogen-bond donors (Lipinski definition) is 1. The highest BCUT2D eigenvalue weighted by Crippen LogP contribution is 2.34. The first-order chi connectivity index (χ1) is 17.0.